The maximum absolute atomic E-state index is 14.0. The van der Waals surface area contributed by atoms with E-state index in [1.165, 1.54) is 4.90 Å². The second kappa shape index (κ2) is 21.4. The van der Waals surface area contributed by atoms with Gasteiger partial charge in [0, 0.05) is 69.1 Å². The van der Waals surface area contributed by atoms with Crippen molar-refractivity contribution in [3.63, 3.8) is 0 Å². The average Bonchev–Trinajstić information content (AvgIpc) is 4.18. The fourth-order valence-corrected chi connectivity index (χ4v) is 10.1. The third kappa shape index (κ3) is 12.2. The number of carbonyl (C=O) groups is 5. The number of aromatic amines is 1. The van der Waals surface area contributed by atoms with Crippen LogP contribution in [0, 0.1) is 18.3 Å². The van der Waals surface area contributed by atoms with Crippen LogP contribution in [0.4, 0.5) is 5.69 Å². The van der Waals surface area contributed by atoms with Crippen molar-refractivity contribution in [3.8, 4) is 10.4 Å². The molecule has 69 heavy (non-hydrogen) atoms. The number of carbonyl (C=O) groups excluding carboxylic acids is 5. The number of anilines is 1. The first-order valence-corrected chi connectivity index (χ1v) is 24.7. The number of imidazole rings is 1. The van der Waals surface area contributed by atoms with Gasteiger partial charge in [-0.3, -0.25) is 33.6 Å². The van der Waals surface area contributed by atoms with Crippen LogP contribution in [0.3, 0.4) is 0 Å². The monoisotopic (exact) mass is 957 g/mol. The minimum atomic E-state index is -0.920. The Morgan fingerprint density at radius 3 is 2.49 bits per heavy atom. The molecule has 2 saturated heterocycles. The predicted molar refractivity (Wildman–Crippen MR) is 266 cm³/mol. The van der Waals surface area contributed by atoms with E-state index in [0.29, 0.717) is 49.5 Å². The normalized spacial score (nSPS) is 17.9. The molecule has 5 heterocycles. The van der Waals surface area contributed by atoms with E-state index in [1.54, 1.807) is 28.3 Å². The van der Waals surface area contributed by atoms with Gasteiger partial charge in [-0.1, -0.05) is 45.0 Å². The van der Waals surface area contributed by atoms with E-state index in [2.05, 4.69) is 41.2 Å². The standard InChI is InChI=1S/C51H63N11O6S/c1-31-46(69-30-54-31)34-12-10-32(11-13-34)25-53-49(67)42-24-38(63)28-62(42)50(68)47(51(2,3)4)59-45(65)9-7-6-8-44(64)52-20-18-33-19-21-61(27-33)29-43-57-39-16-15-37(23-40(39)58-43)56-48(66)35-14-17-41-36(22-35)26-55-60(41)5/h10-17,22-23,26,30,33,38,42,47,63H,6-9,18-21,24-25,27-29H2,1-5H3,(H,52,64)(H,53,67)(H,56,66)(H,57,58)(H,59,65)/t33?,38-,42+,47-/m1/s1. The Labute approximate surface area is 405 Å². The van der Waals surface area contributed by atoms with Gasteiger partial charge in [-0.2, -0.15) is 5.10 Å². The number of hydrogen-bond acceptors (Lipinski definition) is 11. The minimum absolute atomic E-state index is 0.00275. The molecule has 0 saturated carbocycles. The van der Waals surface area contributed by atoms with Gasteiger partial charge in [0.2, 0.25) is 23.6 Å². The Kier molecular flexibility index (Phi) is 15.2. The van der Waals surface area contributed by atoms with Crippen molar-refractivity contribution in [1.29, 1.82) is 0 Å². The third-order valence-electron chi connectivity index (χ3n) is 13.2. The highest BCUT2D eigenvalue weighted by Gasteiger charge is 2.44. The van der Waals surface area contributed by atoms with Crippen molar-refractivity contribution < 1.29 is 29.1 Å². The van der Waals surface area contributed by atoms with Crippen molar-refractivity contribution in [2.75, 3.05) is 31.5 Å². The Hall–Kier alpha value is -6.50. The van der Waals surface area contributed by atoms with Gasteiger partial charge in [-0.15, -0.1) is 11.3 Å². The number of amides is 5. The molecule has 3 aromatic carbocycles. The van der Waals surface area contributed by atoms with Gasteiger partial charge >= 0.3 is 0 Å². The zero-order chi connectivity index (χ0) is 48.8. The van der Waals surface area contributed by atoms with Crippen LogP contribution in [0.25, 0.3) is 32.4 Å². The summed E-state index contributed by atoms with van der Waals surface area (Å²) in [4.78, 5) is 83.8. The van der Waals surface area contributed by atoms with Crippen molar-refractivity contribution >= 4 is 68.5 Å². The number of fused-ring (bicyclic) bond motifs is 2. The van der Waals surface area contributed by atoms with Crippen molar-refractivity contribution in [2.24, 2.45) is 18.4 Å². The van der Waals surface area contributed by atoms with E-state index in [1.807, 2.05) is 94.9 Å². The molecule has 0 spiro atoms. The van der Waals surface area contributed by atoms with Crippen LogP contribution >= 0.6 is 11.3 Å². The topological polar surface area (TPSA) is 220 Å². The van der Waals surface area contributed by atoms with Crippen LogP contribution < -0.4 is 21.3 Å². The molecule has 2 aliphatic rings. The maximum Gasteiger partial charge on any atom is 0.255 e. The van der Waals surface area contributed by atoms with Crippen molar-refractivity contribution in [1.82, 2.24) is 50.5 Å². The molecule has 0 bridgehead atoms. The summed E-state index contributed by atoms with van der Waals surface area (Å²) in [6.07, 6.45) is 4.31. The fraction of sp³-hybridized carbons (Fsp3) is 0.451. The number of aryl methyl sites for hydroxylation is 2. The highest BCUT2D eigenvalue weighted by atomic mass is 32.1. The van der Waals surface area contributed by atoms with Crippen LogP contribution in [0.1, 0.15) is 93.2 Å². The molecule has 364 valence electrons. The number of rotatable bonds is 18. The van der Waals surface area contributed by atoms with E-state index < -0.39 is 29.5 Å². The maximum atomic E-state index is 14.0. The molecule has 0 radical (unpaired) electrons. The molecule has 2 fully saturated rings. The zero-order valence-corrected chi connectivity index (χ0v) is 40.8. The highest BCUT2D eigenvalue weighted by molar-refractivity contribution is 7.13. The highest BCUT2D eigenvalue weighted by Crippen LogP contribution is 2.29. The summed E-state index contributed by atoms with van der Waals surface area (Å²) in [5.41, 5.74) is 7.93. The average molecular weight is 958 g/mol. The molecule has 18 heteroatoms. The Morgan fingerprint density at radius 1 is 0.957 bits per heavy atom. The van der Waals surface area contributed by atoms with Crippen LogP contribution in [0.2, 0.25) is 0 Å². The summed E-state index contributed by atoms with van der Waals surface area (Å²) < 4.78 is 1.77. The lowest BCUT2D eigenvalue weighted by atomic mass is 9.85. The van der Waals surface area contributed by atoms with Crippen LogP contribution in [-0.4, -0.2) is 114 Å². The third-order valence-corrected chi connectivity index (χ3v) is 14.2. The molecule has 6 aromatic rings. The van der Waals surface area contributed by atoms with Crippen LogP contribution in [-0.2, 0) is 39.3 Å². The molecule has 0 aliphatic carbocycles. The number of H-pyrrole nitrogens is 1. The number of nitrogens with one attached hydrogen (secondary N) is 5. The molecule has 1 unspecified atom stereocenters. The second-order valence-corrected chi connectivity index (χ2v) is 20.4. The first-order valence-electron chi connectivity index (χ1n) is 23.8. The number of benzene rings is 3. The number of nitrogens with zero attached hydrogens (tertiary/aromatic N) is 6. The lowest BCUT2D eigenvalue weighted by Gasteiger charge is -2.35. The van der Waals surface area contributed by atoms with E-state index in [0.717, 1.165) is 75.4 Å². The first-order chi connectivity index (χ1) is 33.1. The van der Waals surface area contributed by atoms with Gasteiger partial charge < -0.3 is 36.3 Å². The summed E-state index contributed by atoms with van der Waals surface area (Å²) in [6, 6.07) is 17.3. The minimum Gasteiger partial charge on any atom is -0.391 e. The predicted octanol–water partition coefficient (Wildman–Crippen LogP) is 5.83. The van der Waals surface area contributed by atoms with Gasteiger partial charge in [0.1, 0.15) is 17.9 Å². The van der Waals surface area contributed by atoms with Gasteiger partial charge in [-0.05, 0) is 98.0 Å². The quantitative estimate of drug-likeness (QED) is 0.0566. The van der Waals surface area contributed by atoms with Crippen molar-refractivity contribution in [3.05, 3.63) is 95.0 Å². The van der Waals surface area contributed by atoms with E-state index in [9.17, 15) is 29.1 Å². The van der Waals surface area contributed by atoms with Gasteiger partial charge in [0.25, 0.3) is 5.91 Å². The molecule has 3 aromatic heterocycles. The molecule has 4 atom stereocenters. The molecular weight excluding hydrogens is 895 g/mol. The molecular formula is C51H63N11O6S. The number of aromatic nitrogens is 5. The molecule has 6 N–H and O–H groups in total. The smallest absolute Gasteiger partial charge is 0.255 e. The SMILES string of the molecule is Cc1ncsc1-c1ccc(CNC(=O)[C@@H]2C[C@@H](O)CN2C(=O)[C@@H](NC(=O)CCCCC(=O)NCCC2CCN(Cc3nc4ccc(NC(=O)c5ccc6c(cnn6C)c5)cc4[nH]3)C2)C(C)(C)C)cc1. The molecule has 2 aliphatic heterocycles. The van der Waals surface area contributed by atoms with Gasteiger partial charge in [0.05, 0.1) is 51.5 Å². The number of thiazole rings is 1. The molecule has 17 nitrogen and oxygen atoms in total. The fourth-order valence-electron chi connectivity index (χ4n) is 9.32. The van der Waals surface area contributed by atoms with Crippen LogP contribution in [0.15, 0.2) is 72.4 Å². The number of β-amino-alcohol motifs (C(OH)–C–C–N with tert-alkyl or cyclic N) is 1. The molecule has 5 amide bonds. The lowest BCUT2D eigenvalue weighted by Crippen LogP contribution is -2.57. The van der Waals surface area contributed by atoms with Crippen molar-refractivity contribution in [2.45, 2.75) is 104 Å². The Morgan fingerprint density at radius 2 is 1.74 bits per heavy atom. The van der Waals surface area contributed by atoms with Gasteiger partial charge in [-0.25, -0.2) is 9.97 Å². The Balaban J connectivity index is 0.720. The number of unbranched alkanes of at least 4 members (excludes halogenated alkanes) is 1. The van der Waals surface area contributed by atoms with E-state index in [-0.39, 0.29) is 49.6 Å². The first kappa shape index (κ1) is 48.9. The summed E-state index contributed by atoms with van der Waals surface area (Å²) >= 11 is 1.57. The summed E-state index contributed by atoms with van der Waals surface area (Å²) in [7, 11) is 1.87. The second-order valence-electron chi connectivity index (χ2n) is 19.6. The zero-order valence-electron chi connectivity index (χ0n) is 40.0. The lowest BCUT2D eigenvalue weighted by molar-refractivity contribution is -0.144. The number of aliphatic hydroxyl groups is 1. The van der Waals surface area contributed by atoms with E-state index in [4.69, 9.17) is 4.98 Å². The summed E-state index contributed by atoms with van der Waals surface area (Å²) in [5, 5.41) is 27.6. The van der Waals surface area contributed by atoms with Crippen LogP contribution in [0.5, 0.6) is 0 Å². The number of likely N-dealkylation sites (tertiary alicyclic amines) is 2. The number of hydrogen-bond donors (Lipinski definition) is 6. The summed E-state index contributed by atoms with van der Waals surface area (Å²) in [6.45, 7) is 10.9. The Bertz CT molecular complexity index is 2810. The molecule has 8 rings (SSSR count). The number of aliphatic hydroxyl groups excluding tert-OH is 1. The largest absolute Gasteiger partial charge is 0.391 e. The summed E-state index contributed by atoms with van der Waals surface area (Å²) in [5.74, 6) is -0.0279. The van der Waals surface area contributed by atoms with Gasteiger partial charge in [0.15, 0.2) is 0 Å². The van der Waals surface area contributed by atoms with E-state index >= 15 is 0 Å².